The van der Waals surface area contributed by atoms with E-state index in [1.165, 1.54) is 5.56 Å². The molecule has 3 rings (SSSR count). The second kappa shape index (κ2) is 10.4. The largest absolute Gasteiger partial charge is 0.356 e. The summed E-state index contributed by atoms with van der Waals surface area (Å²) in [5.74, 6) is 1.81. The maximum absolute atomic E-state index is 12.1. The zero-order valence-electron chi connectivity index (χ0n) is 16.6. The minimum atomic E-state index is -0.0658. The molecule has 2 aromatic heterocycles. The highest BCUT2D eigenvalue weighted by Gasteiger charge is 2.26. The van der Waals surface area contributed by atoms with Crippen molar-refractivity contribution in [2.75, 3.05) is 32.0 Å². The molecule has 0 bridgehead atoms. The summed E-state index contributed by atoms with van der Waals surface area (Å²) in [6.45, 7) is 4.34. The summed E-state index contributed by atoms with van der Waals surface area (Å²) < 4.78 is 1.84. The zero-order valence-corrected chi connectivity index (χ0v) is 18.9. The molecular weight excluding hydrogens is 469 g/mol. The summed E-state index contributed by atoms with van der Waals surface area (Å²) in [6, 6.07) is 3.73. The van der Waals surface area contributed by atoms with Gasteiger partial charge in [-0.05, 0) is 30.5 Å². The summed E-state index contributed by atoms with van der Waals surface area (Å²) in [7, 11) is 3.71. The first-order valence-corrected chi connectivity index (χ1v) is 9.22. The average Bonchev–Trinajstić information content (AvgIpc) is 3.30. The smallest absolute Gasteiger partial charge is 0.227 e. The number of hydrogen-bond donors (Lipinski definition) is 2. The summed E-state index contributed by atoms with van der Waals surface area (Å²) in [6.07, 6.45) is 7.18. The standard InChI is InChI=1S/C19H27N7O.HI/c1-14-4-5-17(22-10-14)24-18(27)6-8-21-19(20-2)26-9-7-15(13-26)16-11-23-25(3)12-16;/h4-5,10-12,15H,6-9,13H2,1-3H3,(H,20,21)(H,22,24,27);1H. The maximum Gasteiger partial charge on any atom is 0.227 e. The van der Waals surface area contributed by atoms with E-state index in [1.54, 1.807) is 13.2 Å². The number of halogens is 1. The van der Waals surface area contributed by atoms with Gasteiger partial charge in [-0.1, -0.05) is 6.07 Å². The molecule has 1 amide bonds. The number of rotatable bonds is 5. The van der Waals surface area contributed by atoms with E-state index in [0.29, 0.717) is 24.7 Å². The lowest BCUT2D eigenvalue weighted by atomic mass is 10.0. The number of carbonyl (C=O) groups excluding carboxylic acids is 1. The molecule has 1 saturated heterocycles. The van der Waals surface area contributed by atoms with Crippen LogP contribution in [0.15, 0.2) is 35.7 Å². The van der Waals surface area contributed by atoms with E-state index >= 15 is 0 Å². The Balaban J connectivity index is 0.00000280. The number of likely N-dealkylation sites (tertiary alicyclic amines) is 1. The summed E-state index contributed by atoms with van der Waals surface area (Å²) in [5.41, 5.74) is 2.33. The lowest BCUT2D eigenvalue weighted by Crippen LogP contribution is -2.41. The van der Waals surface area contributed by atoms with Crippen molar-refractivity contribution < 1.29 is 4.79 Å². The quantitative estimate of drug-likeness (QED) is 0.376. The molecule has 9 heteroatoms. The van der Waals surface area contributed by atoms with E-state index in [-0.39, 0.29) is 29.9 Å². The van der Waals surface area contributed by atoms with Gasteiger partial charge in [0, 0.05) is 58.5 Å². The predicted octanol–water partition coefficient (Wildman–Crippen LogP) is 2.14. The molecule has 1 unspecified atom stereocenters. The van der Waals surface area contributed by atoms with Crippen LogP contribution in [0.1, 0.15) is 29.9 Å². The number of amides is 1. The zero-order chi connectivity index (χ0) is 19.2. The third-order valence-corrected chi connectivity index (χ3v) is 4.71. The van der Waals surface area contributed by atoms with Gasteiger partial charge in [0.15, 0.2) is 5.96 Å². The Morgan fingerprint density at radius 3 is 2.82 bits per heavy atom. The Morgan fingerprint density at radius 1 is 1.36 bits per heavy atom. The van der Waals surface area contributed by atoms with Crippen molar-refractivity contribution in [1.82, 2.24) is 25.0 Å². The van der Waals surface area contributed by atoms with Gasteiger partial charge in [-0.15, -0.1) is 24.0 Å². The topological polar surface area (TPSA) is 87.4 Å². The molecule has 28 heavy (non-hydrogen) atoms. The van der Waals surface area contributed by atoms with E-state index in [4.69, 9.17) is 0 Å². The van der Waals surface area contributed by atoms with Crippen molar-refractivity contribution in [2.45, 2.75) is 25.7 Å². The van der Waals surface area contributed by atoms with Crippen molar-refractivity contribution in [2.24, 2.45) is 12.0 Å². The van der Waals surface area contributed by atoms with Crippen LogP contribution in [0.2, 0.25) is 0 Å². The summed E-state index contributed by atoms with van der Waals surface area (Å²) in [5, 5.41) is 10.4. The van der Waals surface area contributed by atoms with E-state index in [2.05, 4.69) is 36.8 Å². The molecule has 1 aliphatic heterocycles. The predicted molar refractivity (Wildman–Crippen MR) is 121 cm³/mol. The minimum absolute atomic E-state index is 0. The highest BCUT2D eigenvalue weighted by molar-refractivity contribution is 14.0. The molecule has 0 aromatic carbocycles. The van der Waals surface area contributed by atoms with Crippen molar-refractivity contribution in [3.8, 4) is 0 Å². The Hall–Kier alpha value is -2.17. The number of aryl methyl sites for hydroxylation is 2. The van der Waals surface area contributed by atoms with Crippen molar-refractivity contribution in [3.05, 3.63) is 41.9 Å². The molecule has 2 N–H and O–H groups in total. The fraction of sp³-hybridized carbons (Fsp3) is 0.474. The van der Waals surface area contributed by atoms with Gasteiger partial charge < -0.3 is 15.5 Å². The van der Waals surface area contributed by atoms with E-state index in [0.717, 1.165) is 31.0 Å². The third-order valence-electron chi connectivity index (χ3n) is 4.71. The van der Waals surface area contributed by atoms with E-state index < -0.39 is 0 Å². The number of guanidine groups is 1. The number of pyridine rings is 1. The molecule has 1 fully saturated rings. The Kier molecular flexibility index (Phi) is 8.21. The molecule has 152 valence electrons. The lowest BCUT2D eigenvalue weighted by Gasteiger charge is -2.21. The van der Waals surface area contributed by atoms with Gasteiger partial charge >= 0.3 is 0 Å². The number of hydrogen-bond acceptors (Lipinski definition) is 4. The molecule has 0 radical (unpaired) electrons. The summed E-state index contributed by atoms with van der Waals surface area (Å²) >= 11 is 0. The van der Waals surface area contributed by atoms with Gasteiger partial charge in [-0.2, -0.15) is 5.10 Å². The van der Waals surface area contributed by atoms with Crippen LogP contribution in [0.4, 0.5) is 5.82 Å². The number of carbonyl (C=O) groups is 1. The Bertz CT molecular complexity index is 803. The number of aromatic nitrogens is 3. The Morgan fingerprint density at radius 2 is 2.18 bits per heavy atom. The van der Waals surface area contributed by atoms with Gasteiger partial charge in [0.2, 0.25) is 5.91 Å². The van der Waals surface area contributed by atoms with Crippen LogP contribution in [-0.4, -0.2) is 58.2 Å². The Labute approximate surface area is 182 Å². The second-order valence-corrected chi connectivity index (χ2v) is 6.87. The molecular formula is C19H28IN7O. The first-order chi connectivity index (χ1) is 13.0. The molecule has 1 aliphatic rings. The molecule has 0 aliphatic carbocycles. The van der Waals surface area contributed by atoms with E-state index in [9.17, 15) is 4.79 Å². The molecule has 0 spiro atoms. The van der Waals surface area contributed by atoms with Gasteiger partial charge in [-0.25, -0.2) is 4.98 Å². The van der Waals surface area contributed by atoms with Gasteiger partial charge in [0.05, 0.1) is 6.20 Å². The fourth-order valence-corrected chi connectivity index (χ4v) is 3.24. The van der Waals surface area contributed by atoms with Gasteiger partial charge in [-0.3, -0.25) is 14.5 Å². The van der Waals surface area contributed by atoms with Crippen LogP contribution in [0, 0.1) is 6.92 Å². The van der Waals surface area contributed by atoms with Crippen LogP contribution >= 0.6 is 24.0 Å². The SMILES string of the molecule is CN=C(NCCC(=O)Nc1ccc(C)cn1)N1CCC(c2cnn(C)c2)C1.I. The average molecular weight is 497 g/mol. The van der Waals surface area contributed by atoms with Gasteiger partial charge in [0.25, 0.3) is 0 Å². The summed E-state index contributed by atoms with van der Waals surface area (Å²) in [4.78, 5) is 22.9. The number of anilines is 1. The first kappa shape index (κ1) is 22.1. The van der Waals surface area contributed by atoms with Crippen LogP contribution in [0.5, 0.6) is 0 Å². The number of nitrogens with zero attached hydrogens (tertiary/aromatic N) is 5. The molecule has 1 atom stereocenters. The normalized spacial score (nSPS) is 16.6. The monoisotopic (exact) mass is 497 g/mol. The fourth-order valence-electron chi connectivity index (χ4n) is 3.24. The van der Waals surface area contributed by atoms with Crippen LogP contribution in [0.25, 0.3) is 0 Å². The number of aliphatic imine (C=N–C) groups is 1. The van der Waals surface area contributed by atoms with Crippen molar-refractivity contribution in [3.63, 3.8) is 0 Å². The minimum Gasteiger partial charge on any atom is -0.356 e. The lowest BCUT2D eigenvalue weighted by molar-refractivity contribution is -0.116. The molecule has 0 saturated carbocycles. The first-order valence-electron chi connectivity index (χ1n) is 9.22. The molecule has 8 nitrogen and oxygen atoms in total. The van der Waals surface area contributed by atoms with Gasteiger partial charge in [0.1, 0.15) is 5.82 Å². The highest BCUT2D eigenvalue weighted by atomic mass is 127. The van der Waals surface area contributed by atoms with Crippen LogP contribution < -0.4 is 10.6 Å². The molecule has 3 heterocycles. The number of nitrogens with one attached hydrogen (secondary N) is 2. The highest BCUT2D eigenvalue weighted by Crippen LogP contribution is 2.26. The second-order valence-electron chi connectivity index (χ2n) is 6.87. The van der Waals surface area contributed by atoms with Crippen molar-refractivity contribution >= 4 is 41.7 Å². The van der Waals surface area contributed by atoms with Crippen LogP contribution in [0.3, 0.4) is 0 Å². The molecule has 2 aromatic rings. The third kappa shape index (κ3) is 5.91. The van der Waals surface area contributed by atoms with Crippen molar-refractivity contribution in [1.29, 1.82) is 0 Å². The maximum atomic E-state index is 12.1. The van der Waals surface area contributed by atoms with Crippen LogP contribution in [-0.2, 0) is 11.8 Å². The van der Waals surface area contributed by atoms with E-state index in [1.807, 2.05) is 37.0 Å².